The zero-order valence-electron chi connectivity index (χ0n) is 9.26. The first-order valence-corrected chi connectivity index (χ1v) is 5.50. The highest BCUT2D eigenvalue weighted by Crippen LogP contribution is 2.27. The molecule has 17 heavy (non-hydrogen) atoms. The first kappa shape index (κ1) is 11.6. The number of phenolic OH excluding ortho intramolecular Hbond substituents is 1. The maximum atomic E-state index is 9.38. The zero-order chi connectivity index (χ0) is 12.3. The monoisotopic (exact) mass is 246 g/mol. The Kier molecular flexibility index (Phi) is 3.40. The number of halogens is 1. The molecule has 0 saturated heterocycles. The fraction of sp³-hybridized carbons (Fsp3) is 0.0769. The largest absolute Gasteiger partial charge is 0.508 e. The Morgan fingerprint density at radius 1 is 1.06 bits per heavy atom. The van der Waals surface area contributed by atoms with Gasteiger partial charge in [-0.15, -0.1) is 5.11 Å². The summed E-state index contributed by atoms with van der Waals surface area (Å²) in [5.74, 6) is 0.252. The third kappa shape index (κ3) is 2.82. The second-order valence-electron chi connectivity index (χ2n) is 3.62. The highest BCUT2D eigenvalue weighted by molar-refractivity contribution is 6.32. The molecule has 0 saturated carbocycles. The normalized spacial score (nSPS) is 10.9. The molecule has 0 heterocycles. The highest BCUT2D eigenvalue weighted by atomic mass is 35.5. The van der Waals surface area contributed by atoms with Gasteiger partial charge in [-0.05, 0) is 42.8 Å². The van der Waals surface area contributed by atoms with Crippen molar-refractivity contribution in [3.05, 3.63) is 53.1 Å². The van der Waals surface area contributed by atoms with Gasteiger partial charge in [-0.2, -0.15) is 5.11 Å². The Hall–Kier alpha value is -1.87. The van der Waals surface area contributed by atoms with Crippen molar-refractivity contribution in [1.82, 2.24) is 0 Å². The molecule has 2 aromatic rings. The second kappa shape index (κ2) is 4.97. The molecule has 0 amide bonds. The van der Waals surface area contributed by atoms with Crippen LogP contribution in [-0.4, -0.2) is 5.11 Å². The Labute approximate surface area is 104 Å². The molecular weight excluding hydrogens is 236 g/mol. The lowest BCUT2D eigenvalue weighted by atomic mass is 10.2. The summed E-state index contributed by atoms with van der Waals surface area (Å²) in [6.07, 6.45) is 0. The molecule has 2 aromatic carbocycles. The van der Waals surface area contributed by atoms with Crippen LogP contribution in [0, 0.1) is 6.92 Å². The third-order valence-corrected chi connectivity index (χ3v) is 2.63. The van der Waals surface area contributed by atoms with Gasteiger partial charge in [-0.25, -0.2) is 0 Å². The van der Waals surface area contributed by atoms with Crippen molar-refractivity contribution in [2.45, 2.75) is 6.92 Å². The van der Waals surface area contributed by atoms with Gasteiger partial charge < -0.3 is 5.11 Å². The van der Waals surface area contributed by atoms with Gasteiger partial charge in [0, 0.05) is 0 Å². The zero-order valence-corrected chi connectivity index (χ0v) is 10.0. The molecule has 0 aliphatic heterocycles. The van der Waals surface area contributed by atoms with Crippen LogP contribution in [-0.2, 0) is 0 Å². The first-order valence-electron chi connectivity index (χ1n) is 5.13. The van der Waals surface area contributed by atoms with E-state index in [0.717, 1.165) is 5.56 Å². The highest BCUT2D eigenvalue weighted by Gasteiger charge is 1.98. The maximum absolute atomic E-state index is 9.38. The third-order valence-electron chi connectivity index (χ3n) is 2.31. The number of hydrogen-bond acceptors (Lipinski definition) is 3. The van der Waals surface area contributed by atoms with Crippen LogP contribution in [0.5, 0.6) is 5.75 Å². The van der Waals surface area contributed by atoms with Crippen LogP contribution in [0.15, 0.2) is 52.7 Å². The van der Waals surface area contributed by atoms with Crippen molar-refractivity contribution in [2.24, 2.45) is 10.2 Å². The van der Waals surface area contributed by atoms with Crippen LogP contribution in [0.4, 0.5) is 11.4 Å². The summed E-state index contributed by atoms with van der Waals surface area (Å²) in [6.45, 7) is 1.81. The van der Waals surface area contributed by atoms with E-state index < -0.39 is 0 Å². The van der Waals surface area contributed by atoms with Gasteiger partial charge in [0.2, 0.25) is 0 Å². The van der Waals surface area contributed by atoms with E-state index >= 15 is 0 Å². The summed E-state index contributed by atoms with van der Waals surface area (Å²) in [5, 5.41) is 18.1. The molecule has 0 aliphatic rings. The molecule has 1 N–H and O–H groups in total. The first-order chi connectivity index (χ1) is 8.16. The van der Waals surface area contributed by atoms with Gasteiger partial charge in [-0.1, -0.05) is 23.7 Å². The predicted molar refractivity (Wildman–Crippen MR) is 68.5 cm³/mol. The Bertz CT molecular complexity index is 567. The van der Waals surface area contributed by atoms with E-state index in [1.165, 1.54) is 0 Å². The van der Waals surface area contributed by atoms with Crippen molar-refractivity contribution in [3.8, 4) is 5.75 Å². The number of benzene rings is 2. The summed E-state index contributed by atoms with van der Waals surface area (Å²) in [7, 11) is 0. The molecule has 0 fully saturated rings. The van der Waals surface area contributed by atoms with Gasteiger partial charge in [0.15, 0.2) is 0 Å². The molecule has 0 radical (unpaired) electrons. The average molecular weight is 247 g/mol. The number of azo groups is 1. The molecule has 3 nitrogen and oxygen atoms in total. The van der Waals surface area contributed by atoms with Gasteiger partial charge in [0.1, 0.15) is 11.4 Å². The molecule has 0 aromatic heterocycles. The molecular formula is C13H11ClN2O. The smallest absolute Gasteiger partial charge is 0.118 e. The lowest BCUT2D eigenvalue weighted by Gasteiger charge is -1.99. The van der Waals surface area contributed by atoms with Crippen molar-refractivity contribution in [1.29, 1.82) is 0 Å². The number of aromatic hydroxyl groups is 1. The molecule has 0 unspecified atom stereocenters. The van der Waals surface area contributed by atoms with Crippen molar-refractivity contribution < 1.29 is 5.11 Å². The molecule has 86 valence electrons. The van der Waals surface area contributed by atoms with E-state index in [1.54, 1.807) is 30.3 Å². The van der Waals surface area contributed by atoms with Gasteiger partial charge in [0.05, 0.1) is 10.7 Å². The minimum atomic E-state index is 0.252. The van der Waals surface area contributed by atoms with Crippen LogP contribution in [0.2, 0.25) is 5.02 Å². The maximum Gasteiger partial charge on any atom is 0.118 e. The van der Waals surface area contributed by atoms with Crippen molar-refractivity contribution >= 4 is 23.0 Å². The minimum absolute atomic E-state index is 0.252. The number of nitrogens with zero attached hydrogens (tertiary/aromatic N) is 2. The SMILES string of the molecule is Cc1cc(N=Nc2ccccc2Cl)ccc1O. The summed E-state index contributed by atoms with van der Waals surface area (Å²) in [6, 6.07) is 12.3. The number of rotatable bonds is 2. The lowest BCUT2D eigenvalue weighted by Crippen LogP contribution is -1.73. The van der Waals surface area contributed by atoms with Crippen LogP contribution < -0.4 is 0 Å². The predicted octanol–water partition coefficient (Wildman–Crippen LogP) is 4.77. The molecule has 4 heteroatoms. The van der Waals surface area contributed by atoms with Gasteiger partial charge in [-0.3, -0.25) is 0 Å². The fourth-order valence-electron chi connectivity index (χ4n) is 1.35. The quantitative estimate of drug-likeness (QED) is 0.762. The molecule has 0 atom stereocenters. The summed E-state index contributed by atoms with van der Waals surface area (Å²) >= 11 is 5.95. The molecule has 0 bridgehead atoms. The van der Waals surface area contributed by atoms with Crippen molar-refractivity contribution in [3.63, 3.8) is 0 Å². The van der Waals surface area contributed by atoms with E-state index in [0.29, 0.717) is 16.4 Å². The van der Waals surface area contributed by atoms with Gasteiger partial charge in [0.25, 0.3) is 0 Å². The van der Waals surface area contributed by atoms with Crippen LogP contribution in [0.3, 0.4) is 0 Å². The molecule has 0 aliphatic carbocycles. The van der Waals surface area contributed by atoms with E-state index in [-0.39, 0.29) is 5.75 Å². The lowest BCUT2D eigenvalue weighted by molar-refractivity contribution is 0.471. The topological polar surface area (TPSA) is 45.0 Å². The van der Waals surface area contributed by atoms with Crippen molar-refractivity contribution in [2.75, 3.05) is 0 Å². The van der Waals surface area contributed by atoms with Crippen LogP contribution in [0.1, 0.15) is 5.56 Å². The minimum Gasteiger partial charge on any atom is -0.508 e. The number of aryl methyl sites for hydroxylation is 1. The van der Waals surface area contributed by atoms with Gasteiger partial charge >= 0.3 is 0 Å². The van der Waals surface area contributed by atoms with E-state index in [4.69, 9.17) is 11.6 Å². The van der Waals surface area contributed by atoms with E-state index in [2.05, 4.69) is 10.2 Å². The second-order valence-corrected chi connectivity index (χ2v) is 4.03. The fourth-order valence-corrected chi connectivity index (χ4v) is 1.52. The average Bonchev–Trinajstić information content (AvgIpc) is 2.32. The summed E-state index contributed by atoms with van der Waals surface area (Å²) in [5.41, 5.74) is 2.07. The molecule has 2 rings (SSSR count). The summed E-state index contributed by atoms with van der Waals surface area (Å²) in [4.78, 5) is 0. The van der Waals surface area contributed by atoms with Crippen LogP contribution >= 0.6 is 11.6 Å². The standard InChI is InChI=1S/C13H11ClN2O/c1-9-8-10(6-7-13(9)17)15-16-12-5-3-2-4-11(12)14/h2-8,17H,1H3. The number of phenols is 1. The Morgan fingerprint density at radius 2 is 1.82 bits per heavy atom. The molecule has 0 spiro atoms. The number of hydrogen-bond donors (Lipinski definition) is 1. The Morgan fingerprint density at radius 3 is 2.53 bits per heavy atom. The Balaban J connectivity index is 2.26. The van der Waals surface area contributed by atoms with E-state index in [1.807, 2.05) is 19.1 Å². The summed E-state index contributed by atoms with van der Waals surface area (Å²) < 4.78 is 0. The van der Waals surface area contributed by atoms with E-state index in [9.17, 15) is 5.11 Å². The van der Waals surface area contributed by atoms with Crippen LogP contribution in [0.25, 0.3) is 0 Å².